The van der Waals surface area contributed by atoms with E-state index in [1.54, 1.807) is 31.4 Å². The monoisotopic (exact) mass is 434 g/mol. The fourth-order valence-corrected chi connectivity index (χ4v) is 4.36. The topological polar surface area (TPSA) is 94.2 Å². The highest BCUT2D eigenvalue weighted by Gasteiger charge is 2.26. The minimum atomic E-state index is -3.58. The van der Waals surface area contributed by atoms with Gasteiger partial charge in [-0.2, -0.15) is 4.31 Å². The number of nitrogens with one attached hydrogen (secondary N) is 1. The van der Waals surface area contributed by atoms with Crippen LogP contribution in [0.1, 0.15) is 17.3 Å². The Labute approximate surface area is 176 Å². The van der Waals surface area contributed by atoms with Crippen LogP contribution in [0.15, 0.2) is 53.4 Å². The van der Waals surface area contributed by atoms with Crippen LogP contribution in [0.25, 0.3) is 0 Å². The zero-order valence-corrected chi connectivity index (χ0v) is 17.9. The Morgan fingerprint density at radius 2 is 1.67 bits per heavy atom. The van der Waals surface area contributed by atoms with Crippen molar-refractivity contribution in [1.29, 1.82) is 0 Å². The number of methoxy groups -OCH3 is 1. The van der Waals surface area contributed by atoms with Crippen LogP contribution in [0.5, 0.6) is 11.5 Å². The van der Waals surface area contributed by atoms with E-state index in [2.05, 4.69) is 5.32 Å². The average molecular weight is 435 g/mol. The van der Waals surface area contributed by atoms with Gasteiger partial charge in [-0.05, 0) is 55.5 Å². The van der Waals surface area contributed by atoms with Gasteiger partial charge < -0.3 is 19.5 Å². The molecule has 1 fully saturated rings. The van der Waals surface area contributed by atoms with Gasteiger partial charge in [-0.25, -0.2) is 8.42 Å². The molecule has 0 aliphatic carbocycles. The molecule has 0 spiro atoms. The SMILES string of the molecule is COc1ccc(OC[C@H](C)NC(=O)c2ccc(S(=O)(=O)N3CCOCC3)cc2)cc1. The predicted molar refractivity (Wildman–Crippen MR) is 111 cm³/mol. The molecule has 1 atom stereocenters. The van der Waals surface area contributed by atoms with Gasteiger partial charge in [0.25, 0.3) is 5.91 Å². The van der Waals surface area contributed by atoms with Gasteiger partial charge >= 0.3 is 0 Å². The molecule has 1 saturated heterocycles. The highest BCUT2D eigenvalue weighted by molar-refractivity contribution is 7.89. The van der Waals surface area contributed by atoms with Crippen molar-refractivity contribution in [3.8, 4) is 11.5 Å². The number of hydrogen-bond donors (Lipinski definition) is 1. The number of carbonyl (C=O) groups excluding carboxylic acids is 1. The van der Waals surface area contributed by atoms with E-state index < -0.39 is 10.0 Å². The molecule has 0 saturated carbocycles. The van der Waals surface area contributed by atoms with Gasteiger partial charge in [0.15, 0.2) is 0 Å². The molecule has 0 aromatic heterocycles. The molecule has 1 N–H and O–H groups in total. The molecule has 3 rings (SSSR count). The highest BCUT2D eigenvalue weighted by atomic mass is 32.2. The van der Waals surface area contributed by atoms with Crippen LogP contribution in [0, 0.1) is 0 Å². The summed E-state index contributed by atoms with van der Waals surface area (Å²) in [6.07, 6.45) is 0. The Morgan fingerprint density at radius 3 is 2.27 bits per heavy atom. The summed E-state index contributed by atoms with van der Waals surface area (Å²) in [5.41, 5.74) is 0.382. The van der Waals surface area contributed by atoms with Gasteiger partial charge in [-0.3, -0.25) is 4.79 Å². The number of carbonyl (C=O) groups is 1. The summed E-state index contributed by atoms with van der Waals surface area (Å²) in [4.78, 5) is 12.6. The molecule has 1 aliphatic heterocycles. The molecule has 2 aromatic carbocycles. The van der Waals surface area contributed by atoms with Gasteiger partial charge in [-0.1, -0.05) is 0 Å². The number of amides is 1. The van der Waals surface area contributed by atoms with Crippen molar-refractivity contribution in [2.45, 2.75) is 17.9 Å². The second-order valence-corrected chi connectivity index (χ2v) is 8.84. The molecule has 0 radical (unpaired) electrons. The number of nitrogens with zero attached hydrogens (tertiary/aromatic N) is 1. The summed E-state index contributed by atoms with van der Waals surface area (Å²) >= 11 is 0. The lowest BCUT2D eigenvalue weighted by Crippen LogP contribution is -2.40. The van der Waals surface area contributed by atoms with Crippen LogP contribution in [0.2, 0.25) is 0 Å². The maximum Gasteiger partial charge on any atom is 0.251 e. The number of morpholine rings is 1. The molecule has 2 aromatic rings. The maximum atomic E-state index is 12.7. The van der Waals surface area contributed by atoms with Gasteiger partial charge in [0.05, 0.1) is 31.3 Å². The molecule has 0 unspecified atom stereocenters. The van der Waals surface area contributed by atoms with Gasteiger partial charge in [0.2, 0.25) is 10.0 Å². The zero-order chi connectivity index (χ0) is 21.6. The minimum absolute atomic E-state index is 0.164. The first-order chi connectivity index (χ1) is 14.4. The molecule has 9 heteroatoms. The first-order valence-electron chi connectivity index (χ1n) is 9.66. The Balaban J connectivity index is 1.54. The lowest BCUT2D eigenvalue weighted by Gasteiger charge is -2.26. The molecular weight excluding hydrogens is 408 g/mol. The fourth-order valence-electron chi connectivity index (χ4n) is 2.96. The Kier molecular flexibility index (Phi) is 7.30. The van der Waals surface area contributed by atoms with Crippen LogP contribution in [0.4, 0.5) is 0 Å². The zero-order valence-electron chi connectivity index (χ0n) is 17.0. The summed E-state index contributed by atoms with van der Waals surface area (Å²) < 4.78 is 42.7. The van der Waals surface area contributed by atoms with Crippen molar-refractivity contribution in [2.24, 2.45) is 0 Å². The number of rotatable bonds is 8. The van der Waals surface area contributed by atoms with E-state index in [0.29, 0.717) is 44.2 Å². The molecule has 30 heavy (non-hydrogen) atoms. The number of benzene rings is 2. The third kappa shape index (κ3) is 5.50. The quantitative estimate of drug-likeness (QED) is 0.682. The van der Waals surface area contributed by atoms with Crippen molar-refractivity contribution in [3.05, 3.63) is 54.1 Å². The molecule has 162 valence electrons. The largest absolute Gasteiger partial charge is 0.497 e. The second-order valence-electron chi connectivity index (χ2n) is 6.90. The van der Waals surface area contributed by atoms with E-state index in [4.69, 9.17) is 14.2 Å². The van der Waals surface area contributed by atoms with Crippen molar-refractivity contribution >= 4 is 15.9 Å². The molecule has 8 nitrogen and oxygen atoms in total. The van der Waals surface area contributed by atoms with Crippen LogP contribution >= 0.6 is 0 Å². The lowest BCUT2D eigenvalue weighted by atomic mass is 10.2. The summed E-state index contributed by atoms with van der Waals surface area (Å²) in [6, 6.07) is 12.9. The first kappa shape index (κ1) is 22.1. The molecule has 1 amide bonds. The first-order valence-corrected chi connectivity index (χ1v) is 11.1. The van der Waals surface area contributed by atoms with Crippen molar-refractivity contribution in [2.75, 3.05) is 40.0 Å². The lowest BCUT2D eigenvalue weighted by molar-refractivity contribution is 0.0730. The van der Waals surface area contributed by atoms with E-state index in [0.717, 1.165) is 5.75 Å². The predicted octanol–water partition coefficient (Wildman–Crippen LogP) is 1.91. The Morgan fingerprint density at radius 1 is 1.07 bits per heavy atom. The van der Waals surface area contributed by atoms with E-state index in [1.165, 1.54) is 28.6 Å². The van der Waals surface area contributed by atoms with Gasteiger partial charge in [-0.15, -0.1) is 0 Å². The summed E-state index contributed by atoms with van der Waals surface area (Å²) in [7, 11) is -1.98. The number of sulfonamides is 1. The van der Waals surface area contributed by atoms with Crippen molar-refractivity contribution < 1.29 is 27.4 Å². The summed E-state index contributed by atoms with van der Waals surface area (Å²) in [6.45, 7) is 3.55. The van der Waals surface area contributed by atoms with E-state index in [1.807, 2.05) is 6.92 Å². The Hall–Kier alpha value is -2.62. The van der Waals surface area contributed by atoms with E-state index >= 15 is 0 Å². The number of ether oxygens (including phenoxy) is 3. The van der Waals surface area contributed by atoms with Gasteiger partial charge in [0.1, 0.15) is 18.1 Å². The van der Waals surface area contributed by atoms with Crippen molar-refractivity contribution in [1.82, 2.24) is 9.62 Å². The maximum absolute atomic E-state index is 12.7. The van der Waals surface area contributed by atoms with Crippen LogP contribution < -0.4 is 14.8 Å². The smallest absolute Gasteiger partial charge is 0.251 e. The summed E-state index contributed by atoms with van der Waals surface area (Å²) in [5, 5.41) is 2.85. The minimum Gasteiger partial charge on any atom is -0.497 e. The molecule has 0 bridgehead atoms. The third-order valence-corrected chi connectivity index (χ3v) is 6.57. The normalized spacial score (nSPS) is 15.9. The van der Waals surface area contributed by atoms with E-state index in [9.17, 15) is 13.2 Å². The second kappa shape index (κ2) is 9.92. The van der Waals surface area contributed by atoms with Crippen LogP contribution in [-0.2, 0) is 14.8 Å². The highest BCUT2D eigenvalue weighted by Crippen LogP contribution is 2.18. The standard InChI is InChI=1S/C21H26N2O6S/c1-16(15-29-19-7-5-18(27-2)6-8-19)22-21(24)17-3-9-20(10-4-17)30(25,26)23-11-13-28-14-12-23/h3-10,16H,11-15H2,1-2H3,(H,22,24)/t16-/m0/s1. The van der Waals surface area contributed by atoms with Crippen LogP contribution in [0.3, 0.4) is 0 Å². The molecule has 1 heterocycles. The van der Waals surface area contributed by atoms with Crippen LogP contribution in [-0.4, -0.2) is 64.7 Å². The summed E-state index contributed by atoms with van der Waals surface area (Å²) in [5.74, 6) is 1.12. The number of hydrogen-bond acceptors (Lipinski definition) is 6. The van der Waals surface area contributed by atoms with E-state index in [-0.39, 0.29) is 16.8 Å². The third-order valence-electron chi connectivity index (χ3n) is 4.66. The van der Waals surface area contributed by atoms with Gasteiger partial charge in [0, 0.05) is 18.7 Å². The van der Waals surface area contributed by atoms with Crippen molar-refractivity contribution in [3.63, 3.8) is 0 Å². The average Bonchev–Trinajstić information content (AvgIpc) is 2.78. The fraction of sp³-hybridized carbons (Fsp3) is 0.381. The Bertz CT molecular complexity index is 938. The molecule has 1 aliphatic rings. The molecular formula is C21H26N2O6S.